The van der Waals surface area contributed by atoms with Gasteiger partial charge >= 0.3 is 0 Å². The van der Waals surface area contributed by atoms with Crippen LogP contribution in [0.3, 0.4) is 0 Å². The lowest BCUT2D eigenvalue weighted by Crippen LogP contribution is -2.52. The number of aliphatic imine (C=N–C) groups is 1. The molecular weight excluding hydrogens is 678 g/mol. The molecule has 0 saturated heterocycles. The number of carbonyl (C=O) groups is 2. The third-order valence-electron chi connectivity index (χ3n) is 9.66. The Kier molecular flexibility index (Phi) is 7.57. The minimum absolute atomic E-state index is 0.0895. The summed E-state index contributed by atoms with van der Waals surface area (Å²) in [5, 5.41) is 16.3. The number of nitrogens with two attached hydrogens (primary N) is 1. The molecule has 0 unspecified atom stereocenters. The van der Waals surface area contributed by atoms with Crippen molar-refractivity contribution in [3.63, 3.8) is 0 Å². The van der Waals surface area contributed by atoms with E-state index in [2.05, 4.69) is 37.4 Å². The molecule has 4 aliphatic rings. The molecule has 3 saturated carbocycles. The van der Waals surface area contributed by atoms with Crippen molar-refractivity contribution < 1.29 is 18.4 Å². The topological polar surface area (TPSA) is 149 Å². The molecule has 0 radical (unpaired) electrons. The summed E-state index contributed by atoms with van der Waals surface area (Å²) in [6, 6.07) is 11.9. The Morgan fingerprint density at radius 1 is 1.08 bits per heavy atom. The van der Waals surface area contributed by atoms with Crippen LogP contribution in [-0.2, 0) is 20.7 Å². The monoisotopic (exact) mass is 712 g/mol. The molecule has 3 atom stereocenters. The highest BCUT2D eigenvalue weighted by atomic mass is 35.5. The fraction of sp³-hybridized carbons (Fsp3) is 0.417. The van der Waals surface area contributed by atoms with Gasteiger partial charge in [-0.25, -0.2) is 23.4 Å². The molecule has 51 heavy (non-hydrogen) atoms. The van der Waals surface area contributed by atoms with Crippen LogP contribution in [0.25, 0.3) is 16.9 Å². The number of nitrogens with zero attached hydrogens (tertiary/aromatic N) is 8. The fourth-order valence-electron chi connectivity index (χ4n) is 6.59. The summed E-state index contributed by atoms with van der Waals surface area (Å²) in [7, 11) is 0. The molecule has 12 nitrogen and oxygen atoms in total. The number of guanidine groups is 1. The van der Waals surface area contributed by atoms with Crippen LogP contribution in [0.15, 0.2) is 60.0 Å². The number of rotatable bonds is 9. The molecule has 262 valence electrons. The third kappa shape index (κ3) is 5.73. The lowest BCUT2D eigenvalue weighted by molar-refractivity contribution is -0.132. The minimum Gasteiger partial charge on any atom is -0.369 e. The van der Waals surface area contributed by atoms with Gasteiger partial charge in [0.05, 0.1) is 34.5 Å². The Morgan fingerprint density at radius 2 is 1.80 bits per heavy atom. The number of nitrogens with one attached hydrogen (secondary N) is 1. The fourth-order valence-corrected chi connectivity index (χ4v) is 6.79. The number of hydrogen-bond acceptors (Lipinski definition) is 8. The number of amides is 2. The number of alkyl halides is 2. The van der Waals surface area contributed by atoms with Gasteiger partial charge in [-0.15, -0.1) is 0 Å². The van der Waals surface area contributed by atoms with Crippen LogP contribution in [-0.4, -0.2) is 58.5 Å². The van der Waals surface area contributed by atoms with E-state index >= 15 is 4.79 Å². The first-order valence-corrected chi connectivity index (χ1v) is 17.2. The first kappa shape index (κ1) is 33.0. The van der Waals surface area contributed by atoms with Crippen LogP contribution in [0.4, 0.5) is 8.78 Å². The number of hydrogen-bond donors (Lipinski definition) is 2. The predicted molar refractivity (Wildman–Crippen MR) is 183 cm³/mol. The number of benzene rings is 2. The Morgan fingerprint density at radius 3 is 2.47 bits per heavy atom. The molecule has 0 bridgehead atoms. The largest absolute Gasteiger partial charge is 0.369 e. The van der Waals surface area contributed by atoms with Crippen molar-refractivity contribution in [3.8, 4) is 28.8 Å². The van der Waals surface area contributed by atoms with Crippen molar-refractivity contribution in [3.05, 3.63) is 77.0 Å². The summed E-state index contributed by atoms with van der Waals surface area (Å²) in [6.45, 7) is 5.80. The second kappa shape index (κ2) is 11.7. The number of halogens is 3. The predicted octanol–water partition coefficient (Wildman–Crippen LogP) is 5.05. The zero-order valence-corrected chi connectivity index (χ0v) is 28.9. The van der Waals surface area contributed by atoms with Crippen LogP contribution in [0.5, 0.6) is 0 Å². The summed E-state index contributed by atoms with van der Waals surface area (Å²) in [6.07, 6.45) is 3.78. The highest BCUT2D eigenvalue weighted by Gasteiger charge is 2.67. The first-order chi connectivity index (χ1) is 24.3. The van der Waals surface area contributed by atoms with Crippen molar-refractivity contribution in [2.75, 3.05) is 0 Å². The molecular formula is C36H35ClF2N10O2. The normalized spacial score (nSPS) is 24.4. The maximum Gasteiger partial charge on any atom is 0.297 e. The summed E-state index contributed by atoms with van der Waals surface area (Å²) >= 11 is 6.55. The van der Waals surface area contributed by atoms with E-state index in [-0.39, 0.29) is 34.9 Å². The number of aromatic nitrogens is 6. The standard InChI is InChI=1S/C36H35ClF2N10O2/c1-34(2,3)14-15-35(22-8-6-20(7-9-22)26-18-42-49(46-26)24-11-12-24)32(51)47(33(40)45-35)36(17-28(36)44-31(50)21-4-5-21)23-10-13-25(37)27(16-23)48-30(29(38)39)41-19-43-48/h6-10,13,16,18-19,21,24,28-29H,4-5,11-12,17H2,1-3H3,(H2,40,45)(H,44,50)/t28-,35+,36+/m0/s1. The highest BCUT2D eigenvalue weighted by molar-refractivity contribution is 6.32. The van der Waals surface area contributed by atoms with Crippen LogP contribution < -0.4 is 11.1 Å². The van der Waals surface area contributed by atoms with E-state index in [9.17, 15) is 13.6 Å². The third-order valence-corrected chi connectivity index (χ3v) is 9.98. The van der Waals surface area contributed by atoms with Gasteiger partial charge in [0.25, 0.3) is 12.3 Å². The summed E-state index contributed by atoms with van der Waals surface area (Å²) in [4.78, 5) is 39.9. The molecule has 2 aromatic heterocycles. The molecule has 15 heteroatoms. The van der Waals surface area contributed by atoms with E-state index in [1.54, 1.807) is 41.3 Å². The summed E-state index contributed by atoms with van der Waals surface area (Å²) in [5.41, 5.74) is 5.96. The van der Waals surface area contributed by atoms with E-state index in [1.807, 2.05) is 32.9 Å². The molecule has 3 fully saturated rings. The smallest absolute Gasteiger partial charge is 0.297 e. The lowest BCUT2D eigenvalue weighted by Gasteiger charge is -2.32. The number of carbonyl (C=O) groups excluding carboxylic acids is 2. The zero-order chi connectivity index (χ0) is 35.9. The van der Waals surface area contributed by atoms with Gasteiger partial charge < -0.3 is 11.1 Å². The molecule has 2 amide bonds. The van der Waals surface area contributed by atoms with Crippen LogP contribution >= 0.6 is 11.6 Å². The molecule has 8 rings (SSSR count). The molecule has 4 aromatic rings. The molecule has 2 aromatic carbocycles. The van der Waals surface area contributed by atoms with Crippen LogP contribution in [0.1, 0.15) is 82.3 Å². The molecule has 3 heterocycles. The highest BCUT2D eigenvalue weighted by Crippen LogP contribution is 2.55. The Hall–Kier alpha value is -5.16. The average Bonchev–Trinajstić information content (AvgIpc) is 4.06. The van der Waals surface area contributed by atoms with Crippen LogP contribution in [0.2, 0.25) is 5.02 Å². The maximum atomic E-state index is 15.1. The second-order valence-corrected chi connectivity index (χ2v) is 15.0. The van der Waals surface area contributed by atoms with Crippen molar-refractivity contribution >= 4 is 29.4 Å². The van der Waals surface area contributed by atoms with Gasteiger partial charge in [-0.2, -0.15) is 20.1 Å². The Balaban J connectivity index is 1.22. The van der Waals surface area contributed by atoms with Crippen molar-refractivity contribution in [2.24, 2.45) is 22.1 Å². The first-order valence-electron chi connectivity index (χ1n) is 16.9. The van der Waals surface area contributed by atoms with Crippen LogP contribution in [0, 0.1) is 23.2 Å². The van der Waals surface area contributed by atoms with E-state index in [1.165, 1.54) is 4.90 Å². The summed E-state index contributed by atoms with van der Waals surface area (Å²) < 4.78 is 28.8. The lowest BCUT2D eigenvalue weighted by atomic mass is 9.86. The summed E-state index contributed by atoms with van der Waals surface area (Å²) in [5.74, 6) is 4.99. The van der Waals surface area contributed by atoms with E-state index in [4.69, 9.17) is 22.3 Å². The Labute approximate surface area is 297 Å². The van der Waals surface area contributed by atoms with Crippen molar-refractivity contribution in [2.45, 2.75) is 82.5 Å². The SMILES string of the molecule is CC(C)(C)C#C[C@]1(c2ccc(-c3cnn(C4CC4)n3)cc2)N=C(N)N([C@@]2(c3ccc(Cl)c(-n4ncnc4C(F)F)c3)C[C@@H]2NC(=O)C2CC2)C1=O. The molecule has 3 N–H and O–H groups in total. The minimum atomic E-state index is -2.92. The van der Waals surface area contributed by atoms with E-state index in [0.29, 0.717) is 22.9 Å². The zero-order valence-electron chi connectivity index (χ0n) is 28.1. The van der Waals surface area contributed by atoms with Gasteiger partial charge in [-0.05, 0) is 64.2 Å². The van der Waals surface area contributed by atoms with Gasteiger partial charge in [0, 0.05) is 28.9 Å². The van der Waals surface area contributed by atoms with Gasteiger partial charge in [0.1, 0.15) is 12.0 Å². The molecule has 1 aliphatic heterocycles. The van der Waals surface area contributed by atoms with Gasteiger partial charge in [0.15, 0.2) is 5.82 Å². The maximum absolute atomic E-state index is 15.1. The average molecular weight is 713 g/mol. The van der Waals surface area contributed by atoms with Crippen molar-refractivity contribution in [1.82, 2.24) is 40.0 Å². The quantitative estimate of drug-likeness (QED) is 0.231. The Bertz CT molecular complexity index is 2160. The van der Waals surface area contributed by atoms with E-state index in [0.717, 1.165) is 42.3 Å². The van der Waals surface area contributed by atoms with Crippen molar-refractivity contribution in [1.29, 1.82) is 0 Å². The van der Waals surface area contributed by atoms with Gasteiger partial charge in [-0.1, -0.05) is 53.8 Å². The molecule has 3 aliphatic carbocycles. The van der Waals surface area contributed by atoms with E-state index < -0.39 is 40.7 Å². The van der Waals surface area contributed by atoms with Gasteiger partial charge in [0.2, 0.25) is 17.4 Å². The molecule has 0 spiro atoms. The second-order valence-electron chi connectivity index (χ2n) is 14.6. The van der Waals surface area contributed by atoms with Gasteiger partial charge in [-0.3, -0.25) is 14.5 Å².